The number of hydrogen-bond acceptors (Lipinski definition) is 5. The topological polar surface area (TPSA) is 67.6 Å². The van der Waals surface area contributed by atoms with Crippen molar-refractivity contribution in [3.8, 4) is 5.75 Å². The highest BCUT2D eigenvalue weighted by molar-refractivity contribution is 5.64. The van der Waals surface area contributed by atoms with Gasteiger partial charge in [0.25, 0.3) is 5.69 Å². The van der Waals surface area contributed by atoms with Crippen LogP contribution < -0.4 is 10.1 Å². The van der Waals surface area contributed by atoms with E-state index in [2.05, 4.69) is 10.2 Å². The summed E-state index contributed by atoms with van der Waals surface area (Å²) in [6.07, 6.45) is 2.37. The van der Waals surface area contributed by atoms with Gasteiger partial charge in [0.2, 0.25) is 0 Å². The molecule has 6 nitrogen and oxygen atoms in total. The zero-order chi connectivity index (χ0) is 14.8. The van der Waals surface area contributed by atoms with Gasteiger partial charge in [-0.15, -0.1) is 0 Å². The van der Waals surface area contributed by atoms with Crippen LogP contribution in [0.1, 0.15) is 19.8 Å². The molecule has 21 heavy (non-hydrogen) atoms. The van der Waals surface area contributed by atoms with E-state index in [0.29, 0.717) is 30.0 Å². The number of rotatable bonds is 5. The van der Waals surface area contributed by atoms with Gasteiger partial charge < -0.3 is 15.0 Å². The fourth-order valence-corrected chi connectivity index (χ4v) is 3.37. The van der Waals surface area contributed by atoms with Crippen LogP contribution in [0.2, 0.25) is 0 Å². The van der Waals surface area contributed by atoms with Gasteiger partial charge in [0.05, 0.1) is 17.6 Å². The number of hydrogen-bond donors (Lipinski definition) is 1. The van der Waals surface area contributed by atoms with E-state index in [1.807, 2.05) is 6.92 Å². The summed E-state index contributed by atoms with van der Waals surface area (Å²) in [5, 5.41) is 14.7. The van der Waals surface area contributed by atoms with Gasteiger partial charge in [-0.2, -0.15) is 0 Å². The van der Waals surface area contributed by atoms with Crippen molar-refractivity contribution in [1.82, 2.24) is 4.90 Å². The molecule has 3 aliphatic rings. The van der Waals surface area contributed by atoms with Crippen LogP contribution in [-0.2, 0) is 0 Å². The second kappa shape index (κ2) is 5.89. The molecule has 3 saturated heterocycles. The maximum absolute atomic E-state index is 11.3. The maximum atomic E-state index is 11.3. The highest BCUT2D eigenvalue weighted by Gasteiger charge is 2.34. The van der Waals surface area contributed by atoms with E-state index in [-0.39, 0.29) is 10.6 Å². The van der Waals surface area contributed by atoms with Gasteiger partial charge in [-0.3, -0.25) is 10.1 Å². The van der Waals surface area contributed by atoms with E-state index in [9.17, 15) is 10.1 Å². The van der Waals surface area contributed by atoms with Crippen molar-refractivity contribution >= 4 is 11.4 Å². The summed E-state index contributed by atoms with van der Waals surface area (Å²) in [5.41, 5.74) is 0.694. The molecule has 6 heteroatoms. The van der Waals surface area contributed by atoms with E-state index in [1.165, 1.54) is 18.9 Å². The fourth-order valence-electron chi connectivity index (χ4n) is 3.37. The molecule has 114 valence electrons. The summed E-state index contributed by atoms with van der Waals surface area (Å²) >= 11 is 0. The molecule has 0 saturated carbocycles. The molecule has 1 aromatic carbocycles. The normalized spacial score (nSPS) is 27.4. The van der Waals surface area contributed by atoms with Gasteiger partial charge in [-0.25, -0.2) is 0 Å². The molecule has 3 aliphatic heterocycles. The van der Waals surface area contributed by atoms with Gasteiger partial charge in [-0.1, -0.05) is 0 Å². The number of ether oxygens (including phenoxy) is 1. The third kappa shape index (κ3) is 2.95. The lowest BCUT2D eigenvalue weighted by Crippen LogP contribution is -2.53. The standard InChI is InChI=1S/C15H21N3O3/c1-2-21-12-3-4-13(15(9-12)18(19)20)16-14-10-17-7-5-11(14)6-8-17/h3-4,9,11,14,16H,2,5-8,10H2,1H3. The Labute approximate surface area is 124 Å². The molecule has 0 aliphatic carbocycles. The van der Waals surface area contributed by atoms with Gasteiger partial charge in [0, 0.05) is 12.6 Å². The Morgan fingerprint density at radius 2 is 2.19 bits per heavy atom. The number of nitrogens with one attached hydrogen (secondary N) is 1. The highest BCUT2D eigenvalue weighted by Crippen LogP contribution is 2.34. The Morgan fingerprint density at radius 1 is 1.43 bits per heavy atom. The molecule has 0 aromatic heterocycles. The van der Waals surface area contributed by atoms with Crippen molar-refractivity contribution in [3.05, 3.63) is 28.3 Å². The molecule has 1 unspecified atom stereocenters. The van der Waals surface area contributed by atoms with Crippen LogP contribution in [0, 0.1) is 16.0 Å². The zero-order valence-electron chi connectivity index (χ0n) is 12.2. The van der Waals surface area contributed by atoms with Crippen LogP contribution in [0.25, 0.3) is 0 Å². The van der Waals surface area contributed by atoms with Crippen molar-refractivity contribution in [2.45, 2.75) is 25.8 Å². The number of anilines is 1. The van der Waals surface area contributed by atoms with Crippen molar-refractivity contribution < 1.29 is 9.66 Å². The molecular weight excluding hydrogens is 270 g/mol. The summed E-state index contributed by atoms with van der Waals surface area (Å²) < 4.78 is 5.35. The van der Waals surface area contributed by atoms with Gasteiger partial charge in [-0.05, 0) is 50.9 Å². The van der Waals surface area contributed by atoms with Gasteiger partial charge >= 0.3 is 0 Å². The Bertz CT molecular complexity index is 527. The van der Waals surface area contributed by atoms with E-state index < -0.39 is 0 Å². The molecule has 4 rings (SSSR count). The zero-order valence-corrected chi connectivity index (χ0v) is 12.2. The number of piperidine rings is 3. The van der Waals surface area contributed by atoms with Gasteiger partial charge in [0.15, 0.2) is 0 Å². The lowest BCUT2D eigenvalue weighted by atomic mass is 9.84. The smallest absolute Gasteiger partial charge is 0.296 e. The number of nitro benzene ring substituents is 1. The Hall–Kier alpha value is -1.82. The fraction of sp³-hybridized carbons (Fsp3) is 0.600. The minimum atomic E-state index is -0.341. The first-order valence-corrected chi connectivity index (χ1v) is 7.57. The quantitative estimate of drug-likeness (QED) is 0.667. The lowest BCUT2D eigenvalue weighted by molar-refractivity contribution is -0.384. The van der Waals surface area contributed by atoms with Crippen molar-refractivity contribution in [3.63, 3.8) is 0 Å². The van der Waals surface area contributed by atoms with E-state index >= 15 is 0 Å². The van der Waals surface area contributed by atoms with E-state index in [1.54, 1.807) is 12.1 Å². The molecule has 3 heterocycles. The Kier molecular flexibility index (Phi) is 3.96. The van der Waals surface area contributed by atoms with Crippen LogP contribution in [0.4, 0.5) is 11.4 Å². The molecule has 1 N–H and O–H groups in total. The predicted molar refractivity (Wildman–Crippen MR) is 80.8 cm³/mol. The molecule has 0 amide bonds. The number of nitro groups is 1. The monoisotopic (exact) mass is 291 g/mol. The molecular formula is C15H21N3O3. The summed E-state index contributed by atoms with van der Waals surface area (Å²) in [4.78, 5) is 13.4. The SMILES string of the molecule is CCOc1ccc(NC2CN3CCC2CC3)c([N+](=O)[O-])c1. The summed E-state index contributed by atoms with van der Waals surface area (Å²) in [6, 6.07) is 5.37. The Morgan fingerprint density at radius 3 is 2.76 bits per heavy atom. The minimum absolute atomic E-state index is 0.0948. The third-order valence-electron chi connectivity index (χ3n) is 4.47. The first-order chi connectivity index (χ1) is 10.2. The average molecular weight is 291 g/mol. The van der Waals surface area contributed by atoms with Crippen LogP contribution in [0.3, 0.4) is 0 Å². The largest absolute Gasteiger partial charge is 0.494 e. The summed E-state index contributed by atoms with van der Waals surface area (Å²) in [7, 11) is 0. The molecule has 1 atom stereocenters. The second-order valence-corrected chi connectivity index (χ2v) is 5.76. The van der Waals surface area contributed by atoms with E-state index in [4.69, 9.17) is 4.74 Å². The van der Waals surface area contributed by atoms with Crippen LogP contribution >= 0.6 is 0 Å². The number of nitrogens with zero attached hydrogens (tertiary/aromatic N) is 2. The number of fused-ring (bicyclic) bond motifs is 3. The molecule has 0 spiro atoms. The van der Waals surface area contributed by atoms with Crippen molar-refractivity contribution in [2.75, 3.05) is 31.6 Å². The maximum Gasteiger partial charge on any atom is 0.296 e. The van der Waals surface area contributed by atoms with Gasteiger partial charge in [0.1, 0.15) is 11.4 Å². The first kappa shape index (κ1) is 14.1. The second-order valence-electron chi connectivity index (χ2n) is 5.76. The molecule has 1 aromatic rings. The van der Waals surface area contributed by atoms with Crippen LogP contribution in [0.5, 0.6) is 5.75 Å². The first-order valence-electron chi connectivity index (χ1n) is 7.57. The molecule has 2 bridgehead atoms. The minimum Gasteiger partial charge on any atom is -0.494 e. The third-order valence-corrected chi connectivity index (χ3v) is 4.47. The molecule has 0 radical (unpaired) electrons. The van der Waals surface area contributed by atoms with E-state index in [0.717, 1.165) is 19.6 Å². The molecule has 3 fully saturated rings. The lowest BCUT2D eigenvalue weighted by Gasteiger charge is -2.45. The predicted octanol–water partition coefficient (Wildman–Crippen LogP) is 2.50. The highest BCUT2D eigenvalue weighted by atomic mass is 16.6. The summed E-state index contributed by atoms with van der Waals surface area (Å²) in [5.74, 6) is 1.17. The van der Waals surface area contributed by atoms with Crippen LogP contribution in [0.15, 0.2) is 18.2 Å². The number of benzene rings is 1. The van der Waals surface area contributed by atoms with Crippen LogP contribution in [-0.4, -0.2) is 42.1 Å². The van der Waals surface area contributed by atoms with Crippen molar-refractivity contribution in [1.29, 1.82) is 0 Å². The van der Waals surface area contributed by atoms with Crippen molar-refractivity contribution in [2.24, 2.45) is 5.92 Å². The Balaban J connectivity index is 1.79. The average Bonchev–Trinajstić information content (AvgIpc) is 2.50. The summed E-state index contributed by atoms with van der Waals surface area (Å²) in [6.45, 7) is 5.67.